The van der Waals surface area contributed by atoms with Crippen molar-refractivity contribution in [2.24, 2.45) is 5.90 Å². The Morgan fingerprint density at radius 2 is 1.85 bits per heavy atom. The van der Waals surface area contributed by atoms with Gasteiger partial charge in [0.05, 0.1) is 24.1 Å². The predicted molar refractivity (Wildman–Crippen MR) is 113 cm³/mol. The first-order valence-corrected chi connectivity index (χ1v) is 9.61. The Morgan fingerprint density at radius 1 is 1.21 bits per heavy atom. The van der Waals surface area contributed by atoms with Crippen molar-refractivity contribution >= 4 is 22.9 Å². The lowest BCUT2D eigenvalue weighted by Crippen LogP contribution is -2.32. The molecule has 182 valence electrons. The van der Waals surface area contributed by atoms with E-state index in [-0.39, 0.29) is 29.0 Å². The summed E-state index contributed by atoms with van der Waals surface area (Å²) in [6, 6.07) is 10.8. The molecule has 3 rings (SSSR count). The normalized spacial score (nSPS) is 10.9. The van der Waals surface area contributed by atoms with Gasteiger partial charge in [0.1, 0.15) is 5.65 Å². The molecule has 11 nitrogen and oxygen atoms in total. The van der Waals surface area contributed by atoms with E-state index in [1.54, 1.807) is 0 Å². The number of hydrogen-bond donors (Lipinski definition) is 4. The highest BCUT2D eigenvalue weighted by atomic mass is 19.4. The van der Waals surface area contributed by atoms with Crippen molar-refractivity contribution in [3.05, 3.63) is 74.6 Å². The van der Waals surface area contributed by atoms with Gasteiger partial charge in [0.15, 0.2) is 0 Å². The number of aliphatic carboxylic acids is 1. The largest absolute Gasteiger partial charge is 0.490 e. The van der Waals surface area contributed by atoms with Crippen LogP contribution in [0.2, 0.25) is 0 Å². The highest BCUT2D eigenvalue weighted by Crippen LogP contribution is 2.13. The summed E-state index contributed by atoms with van der Waals surface area (Å²) in [5.74, 6) is 1.80. The van der Waals surface area contributed by atoms with E-state index >= 15 is 0 Å². The number of rotatable bonds is 7. The first kappa shape index (κ1) is 26.2. The number of carboxylic acid groups (broad SMARTS) is 1. The van der Waals surface area contributed by atoms with Crippen molar-refractivity contribution < 1.29 is 32.7 Å². The van der Waals surface area contributed by atoms with Gasteiger partial charge >= 0.3 is 17.8 Å². The molecule has 5 N–H and O–H groups in total. The summed E-state index contributed by atoms with van der Waals surface area (Å²) in [5.41, 5.74) is 0.201. The first-order valence-electron chi connectivity index (χ1n) is 9.61. The highest BCUT2D eigenvalue weighted by Gasteiger charge is 2.38. The molecule has 1 aromatic carbocycles. The molecule has 1 amide bonds. The number of alkyl halides is 3. The molecule has 3 aromatic rings. The number of carbonyl (C=O) groups excluding carboxylic acids is 1. The first-order chi connectivity index (χ1) is 16.0. The predicted octanol–water partition coefficient (Wildman–Crippen LogP) is 0.777. The molecule has 0 saturated carbocycles. The molecule has 0 aliphatic heterocycles. The number of carboxylic acids is 1. The van der Waals surface area contributed by atoms with E-state index in [4.69, 9.17) is 15.8 Å². The molecule has 34 heavy (non-hydrogen) atoms. The standard InChI is InChI=1S/C18H19N5O4.C2HF3O2/c19-27-8-4-7-20-16(24)13-9-14-15(21-10-13)23(18(26)22-17(14)25)11-12-5-2-1-3-6-12;3-2(4,5)1(6)7/h1-3,5-6,9-10H,4,7-8,11,19H2,(H,20,24)(H,22,25,26);(H,6,7). The van der Waals surface area contributed by atoms with Gasteiger partial charge in [-0.3, -0.25) is 19.1 Å². The van der Waals surface area contributed by atoms with Gasteiger partial charge in [-0.05, 0) is 18.1 Å². The third kappa shape index (κ3) is 7.25. The number of benzene rings is 1. The maximum Gasteiger partial charge on any atom is 0.490 e. The second kappa shape index (κ2) is 11.7. The molecule has 0 unspecified atom stereocenters. The summed E-state index contributed by atoms with van der Waals surface area (Å²) in [4.78, 5) is 56.5. The van der Waals surface area contributed by atoms with E-state index in [0.29, 0.717) is 19.6 Å². The van der Waals surface area contributed by atoms with Crippen molar-refractivity contribution in [2.45, 2.75) is 19.1 Å². The quantitative estimate of drug-likeness (QED) is 0.282. The van der Waals surface area contributed by atoms with Crippen LogP contribution in [0.15, 0.2) is 52.2 Å². The lowest BCUT2D eigenvalue weighted by Gasteiger charge is -2.10. The number of amides is 1. The van der Waals surface area contributed by atoms with E-state index in [9.17, 15) is 27.6 Å². The van der Waals surface area contributed by atoms with Crippen LogP contribution in [0.5, 0.6) is 0 Å². The molecule has 2 heterocycles. The van der Waals surface area contributed by atoms with Crippen LogP contribution in [-0.4, -0.2) is 50.8 Å². The van der Waals surface area contributed by atoms with Gasteiger partial charge in [0.25, 0.3) is 11.5 Å². The van der Waals surface area contributed by atoms with Crippen LogP contribution < -0.4 is 22.5 Å². The third-order valence-corrected chi connectivity index (χ3v) is 4.25. The van der Waals surface area contributed by atoms with E-state index < -0.39 is 23.4 Å². The Bertz CT molecular complexity index is 1260. The number of nitrogens with two attached hydrogens (primary N) is 1. The summed E-state index contributed by atoms with van der Waals surface area (Å²) < 4.78 is 33.1. The molecule has 0 aliphatic carbocycles. The second-order valence-electron chi connectivity index (χ2n) is 6.71. The maximum atomic E-state index is 12.2. The second-order valence-corrected chi connectivity index (χ2v) is 6.71. The van der Waals surface area contributed by atoms with Crippen LogP contribution in [0.3, 0.4) is 0 Å². The Morgan fingerprint density at radius 3 is 2.44 bits per heavy atom. The van der Waals surface area contributed by atoms with Crippen molar-refractivity contribution in [2.75, 3.05) is 13.2 Å². The SMILES string of the molecule is NOCCCNC(=O)c1cnc2c(c1)c(=O)[nH]c(=O)n2Cc1ccccc1.O=C(O)C(F)(F)F. The lowest BCUT2D eigenvalue weighted by molar-refractivity contribution is -0.192. The van der Waals surface area contributed by atoms with Crippen LogP contribution in [0, 0.1) is 0 Å². The molecule has 0 spiro atoms. The highest BCUT2D eigenvalue weighted by molar-refractivity contribution is 5.96. The molecule has 2 aromatic heterocycles. The number of halogens is 3. The number of nitrogens with zero attached hydrogens (tertiary/aromatic N) is 2. The number of nitrogens with one attached hydrogen (secondary N) is 2. The summed E-state index contributed by atoms with van der Waals surface area (Å²) >= 11 is 0. The Hall–Kier alpha value is -4.04. The van der Waals surface area contributed by atoms with Gasteiger partial charge in [-0.15, -0.1) is 0 Å². The Balaban J connectivity index is 0.000000509. The maximum absolute atomic E-state index is 12.2. The van der Waals surface area contributed by atoms with Crippen molar-refractivity contribution in [1.29, 1.82) is 0 Å². The fourth-order valence-electron chi connectivity index (χ4n) is 2.66. The zero-order valence-corrected chi connectivity index (χ0v) is 17.5. The number of H-pyrrole nitrogens is 1. The minimum absolute atomic E-state index is 0.170. The average molecular weight is 483 g/mol. The number of aromatic nitrogens is 3. The fourth-order valence-corrected chi connectivity index (χ4v) is 2.66. The average Bonchev–Trinajstić information content (AvgIpc) is 2.79. The van der Waals surface area contributed by atoms with Gasteiger partial charge in [0, 0.05) is 12.7 Å². The van der Waals surface area contributed by atoms with E-state index in [1.165, 1.54) is 16.8 Å². The lowest BCUT2D eigenvalue weighted by atomic mass is 10.2. The molecule has 0 saturated heterocycles. The van der Waals surface area contributed by atoms with Gasteiger partial charge in [-0.25, -0.2) is 20.5 Å². The van der Waals surface area contributed by atoms with Gasteiger partial charge in [-0.1, -0.05) is 30.3 Å². The molecule has 0 atom stereocenters. The van der Waals surface area contributed by atoms with E-state index in [1.807, 2.05) is 30.3 Å². The number of aromatic amines is 1. The topological polar surface area (TPSA) is 169 Å². The summed E-state index contributed by atoms with van der Waals surface area (Å²) in [5, 5.41) is 9.98. The molecule has 0 bridgehead atoms. The summed E-state index contributed by atoms with van der Waals surface area (Å²) in [6.07, 6.45) is -3.18. The van der Waals surface area contributed by atoms with Gasteiger partial charge in [0.2, 0.25) is 0 Å². The number of carbonyl (C=O) groups is 2. The van der Waals surface area contributed by atoms with Crippen LogP contribution in [0.4, 0.5) is 13.2 Å². The molecular weight excluding hydrogens is 463 g/mol. The van der Waals surface area contributed by atoms with Gasteiger partial charge < -0.3 is 15.3 Å². The Kier molecular flexibility index (Phi) is 9.03. The monoisotopic (exact) mass is 483 g/mol. The van der Waals surface area contributed by atoms with Crippen LogP contribution >= 0.6 is 0 Å². The van der Waals surface area contributed by atoms with Crippen molar-refractivity contribution in [3.8, 4) is 0 Å². The smallest absolute Gasteiger partial charge is 0.475 e. The summed E-state index contributed by atoms with van der Waals surface area (Å²) in [6.45, 7) is 0.949. The molecule has 0 fully saturated rings. The number of pyridine rings is 1. The van der Waals surface area contributed by atoms with E-state index in [0.717, 1.165) is 5.56 Å². The van der Waals surface area contributed by atoms with Gasteiger partial charge in [-0.2, -0.15) is 13.2 Å². The minimum Gasteiger partial charge on any atom is -0.475 e. The van der Waals surface area contributed by atoms with Crippen LogP contribution in [0.25, 0.3) is 11.0 Å². The fraction of sp³-hybridized carbons (Fsp3) is 0.250. The third-order valence-electron chi connectivity index (χ3n) is 4.25. The summed E-state index contributed by atoms with van der Waals surface area (Å²) in [7, 11) is 0. The zero-order chi connectivity index (χ0) is 25.3. The van der Waals surface area contributed by atoms with Crippen molar-refractivity contribution in [1.82, 2.24) is 19.9 Å². The molecule has 0 radical (unpaired) electrons. The van der Waals surface area contributed by atoms with Crippen molar-refractivity contribution in [3.63, 3.8) is 0 Å². The molecular formula is C20H20F3N5O6. The Labute approximate surface area is 188 Å². The molecule has 14 heteroatoms. The van der Waals surface area contributed by atoms with E-state index in [2.05, 4.69) is 20.1 Å². The zero-order valence-electron chi connectivity index (χ0n) is 17.5. The number of hydrogen-bond acceptors (Lipinski definition) is 7. The number of fused-ring (bicyclic) bond motifs is 1. The van der Waals surface area contributed by atoms with Crippen LogP contribution in [-0.2, 0) is 16.2 Å². The van der Waals surface area contributed by atoms with Crippen LogP contribution in [0.1, 0.15) is 22.3 Å². The minimum atomic E-state index is -5.08. The molecule has 0 aliphatic rings.